The predicted molar refractivity (Wildman–Crippen MR) is 86.9 cm³/mol. The summed E-state index contributed by atoms with van der Waals surface area (Å²) in [6, 6.07) is 12.8. The second-order valence-electron chi connectivity index (χ2n) is 5.26. The number of carbonyl (C=O) groups excluding carboxylic acids is 2. The lowest BCUT2D eigenvalue weighted by Gasteiger charge is -2.24. The van der Waals surface area contributed by atoms with Crippen molar-refractivity contribution in [3.05, 3.63) is 63.6 Å². The smallest absolute Gasteiger partial charge is 0.339 e. The fourth-order valence-corrected chi connectivity index (χ4v) is 2.86. The zero-order chi connectivity index (χ0) is 15.7. The molecular formula is C17H14BrNO3. The van der Waals surface area contributed by atoms with Crippen molar-refractivity contribution in [1.82, 2.24) is 0 Å². The van der Waals surface area contributed by atoms with Crippen LogP contribution in [-0.4, -0.2) is 18.0 Å². The third kappa shape index (κ3) is 3.04. The lowest BCUT2D eigenvalue weighted by Crippen LogP contribution is -2.38. The number of ether oxygens (including phenoxy) is 1. The molecular weight excluding hydrogens is 346 g/mol. The van der Waals surface area contributed by atoms with Gasteiger partial charge in [-0.15, -0.1) is 0 Å². The average molecular weight is 360 g/mol. The van der Waals surface area contributed by atoms with E-state index >= 15 is 0 Å². The van der Waals surface area contributed by atoms with Gasteiger partial charge in [-0.25, -0.2) is 4.79 Å². The molecule has 0 aliphatic carbocycles. The van der Waals surface area contributed by atoms with Crippen LogP contribution in [0.25, 0.3) is 0 Å². The summed E-state index contributed by atoms with van der Waals surface area (Å²) in [5, 5.41) is 2.79. The van der Waals surface area contributed by atoms with Crippen LogP contribution in [0.2, 0.25) is 0 Å². The van der Waals surface area contributed by atoms with Crippen molar-refractivity contribution in [2.75, 3.05) is 5.32 Å². The lowest BCUT2D eigenvalue weighted by atomic mass is 9.98. The van der Waals surface area contributed by atoms with E-state index in [0.717, 1.165) is 15.6 Å². The summed E-state index contributed by atoms with van der Waals surface area (Å²) in [7, 11) is 0. The van der Waals surface area contributed by atoms with Crippen LogP contribution in [0.3, 0.4) is 0 Å². The van der Waals surface area contributed by atoms with Gasteiger partial charge in [-0.1, -0.05) is 28.1 Å². The molecule has 0 aromatic heterocycles. The van der Waals surface area contributed by atoms with Crippen LogP contribution < -0.4 is 5.32 Å². The molecule has 5 heteroatoms. The molecule has 1 unspecified atom stereocenters. The van der Waals surface area contributed by atoms with Crippen LogP contribution >= 0.6 is 15.9 Å². The van der Waals surface area contributed by atoms with Crippen LogP contribution in [0.5, 0.6) is 0 Å². The molecule has 1 heterocycles. The number of amides is 1. The molecule has 0 bridgehead atoms. The van der Waals surface area contributed by atoms with Crippen molar-refractivity contribution >= 4 is 33.5 Å². The van der Waals surface area contributed by atoms with Gasteiger partial charge in [0.1, 0.15) is 0 Å². The van der Waals surface area contributed by atoms with Gasteiger partial charge in [0.05, 0.1) is 5.56 Å². The second-order valence-corrected chi connectivity index (χ2v) is 6.17. The summed E-state index contributed by atoms with van der Waals surface area (Å²) in [6.45, 7) is 1.95. The Balaban J connectivity index is 1.79. The Morgan fingerprint density at radius 3 is 2.86 bits per heavy atom. The summed E-state index contributed by atoms with van der Waals surface area (Å²) >= 11 is 3.38. The number of fused-ring (bicyclic) bond motifs is 1. The number of carbonyl (C=O) groups is 2. The predicted octanol–water partition coefficient (Wildman–Crippen LogP) is 3.48. The summed E-state index contributed by atoms with van der Waals surface area (Å²) in [5.74, 6) is -0.775. The minimum atomic E-state index is -0.810. The highest BCUT2D eigenvalue weighted by molar-refractivity contribution is 9.10. The van der Waals surface area contributed by atoms with Crippen molar-refractivity contribution in [2.45, 2.75) is 19.4 Å². The third-order valence-electron chi connectivity index (χ3n) is 3.52. The third-order valence-corrected chi connectivity index (χ3v) is 4.01. The normalized spacial score (nSPS) is 16.6. The first-order chi connectivity index (χ1) is 10.5. The van der Waals surface area contributed by atoms with E-state index in [1.807, 2.05) is 31.2 Å². The number of esters is 1. The molecule has 1 amide bonds. The van der Waals surface area contributed by atoms with E-state index in [4.69, 9.17) is 4.74 Å². The van der Waals surface area contributed by atoms with E-state index < -0.39 is 12.1 Å². The number of cyclic esters (lactones) is 1. The van der Waals surface area contributed by atoms with Crippen LogP contribution in [-0.2, 0) is 16.0 Å². The highest BCUT2D eigenvalue weighted by Crippen LogP contribution is 2.25. The van der Waals surface area contributed by atoms with Crippen LogP contribution in [0.4, 0.5) is 5.69 Å². The van der Waals surface area contributed by atoms with E-state index in [-0.39, 0.29) is 5.91 Å². The Morgan fingerprint density at radius 1 is 1.27 bits per heavy atom. The van der Waals surface area contributed by atoms with E-state index in [9.17, 15) is 9.59 Å². The monoisotopic (exact) mass is 359 g/mol. The molecule has 0 radical (unpaired) electrons. The fourth-order valence-electron chi connectivity index (χ4n) is 2.46. The lowest BCUT2D eigenvalue weighted by molar-refractivity contribution is -0.125. The maximum absolute atomic E-state index is 12.3. The zero-order valence-corrected chi connectivity index (χ0v) is 13.5. The first kappa shape index (κ1) is 14.8. The maximum atomic E-state index is 12.3. The number of nitrogens with one attached hydrogen (secondary N) is 1. The van der Waals surface area contributed by atoms with E-state index in [1.165, 1.54) is 0 Å². The number of halogens is 1. The van der Waals surface area contributed by atoms with E-state index in [1.54, 1.807) is 18.2 Å². The second kappa shape index (κ2) is 5.93. The number of aryl methyl sites for hydroxylation is 1. The number of rotatable bonds is 2. The molecule has 1 atom stereocenters. The van der Waals surface area contributed by atoms with Gasteiger partial charge in [0.15, 0.2) is 6.10 Å². The minimum Gasteiger partial charge on any atom is -0.448 e. The van der Waals surface area contributed by atoms with Crippen molar-refractivity contribution in [2.24, 2.45) is 0 Å². The molecule has 0 spiro atoms. The van der Waals surface area contributed by atoms with Gasteiger partial charge >= 0.3 is 5.97 Å². The topological polar surface area (TPSA) is 55.4 Å². The molecule has 4 nitrogen and oxygen atoms in total. The highest BCUT2D eigenvalue weighted by Gasteiger charge is 2.31. The van der Waals surface area contributed by atoms with Gasteiger partial charge in [-0.2, -0.15) is 0 Å². The Hall–Kier alpha value is -2.14. The van der Waals surface area contributed by atoms with Gasteiger partial charge in [-0.3, -0.25) is 4.79 Å². The van der Waals surface area contributed by atoms with E-state index in [0.29, 0.717) is 17.7 Å². The first-order valence-electron chi connectivity index (χ1n) is 6.90. The van der Waals surface area contributed by atoms with Gasteiger partial charge in [0.25, 0.3) is 5.91 Å². The Morgan fingerprint density at radius 2 is 2.09 bits per heavy atom. The zero-order valence-electron chi connectivity index (χ0n) is 11.9. The Labute approximate surface area is 136 Å². The fraction of sp³-hybridized carbons (Fsp3) is 0.176. The highest BCUT2D eigenvalue weighted by atomic mass is 79.9. The molecule has 0 fully saturated rings. The molecule has 0 saturated carbocycles. The summed E-state index contributed by atoms with van der Waals surface area (Å²) in [6.07, 6.45) is -0.437. The van der Waals surface area contributed by atoms with Crippen LogP contribution in [0, 0.1) is 6.92 Å². The molecule has 3 rings (SSSR count). The quantitative estimate of drug-likeness (QED) is 0.835. The average Bonchev–Trinajstić information content (AvgIpc) is 2.46. The summed E-state index contributed by atoms with van der Waals surface area (Å²) in [4.78, 5) is 24.3. The number of anilines is 1. The standard InChI is InChI=1S/C17H14BrNO3/c1-10-3-2-4-13(7-10)19-16(20)15-9-11-8-12(18)5-6-14(11)17(21)22-15/h2-8,15H,9H2,1H3,(H,19,20). The van der Waals surface area contributed by atoms with Crippen molar-refractivity contribution < 1.29 is 14.3 Å². The Bertz CT molecular complexity index is 757. The van der Waals surface area contributed by atoms with E-state index in [2.05, 4.69) is 21.2 Å². The molecule has 2 aromatic rings. The minimum absolute atomic E-state index is 0.315. The number of benzene rings is 2. The molecule has 1 aliphatic rings. The summed E-state index contributed by atoms with van der Waals surface area (Å²) in [5.41, 5.74) is 3.08. The number of hydrogen-bond donors (Lipinski definition) is 1. The van der Waals surface area contributed by atoms with Crippen LogP contribution in [0.15, 0.2) is 46.9 Å². The van der Waals surface area contributed by atoms with Crippen molar-refractivity contribution in [1.29, 1.82) is 0 Å². The molecule has 112 valence electrons. The van der Waals surface area contributed by atoms with Crippen LogP contribution in [0.1, 0.15) is 21.5 Å². The SMILES string of the molecule is Cc1cccc(NC(=O)C2Cc3cc(Br)ccc3C(=O)O2)c1. The molecule has 2 aromatic carbocycles. The summed E-state index contributed by atoms with van der Waals surface area (Å²) < 4.78 is 6.12. The molecule has 0 saturated heterocycles. The Kier molecular flexibility index (Phi) is 3.98. The first-order valence-corrected chi connectivity index (χ1v) is 7.69. The molecule has 1 aliphatic heterocycles. The van der Waals surface area contributed by atoms with Gasteiger partial charge < -0.3 is 10.1 Å². The van der Waals surface area contributed by atoms with Crippen molar-refractivity contribution in [3.63, 3.8) is 0 Å². The van der Waals surface area contributed by atoms with Gasteiger partial charge in [0, 0.05) is 16.6 Å². The maximum Gasteiger partial charge on any atom is 0.339 e. The molecule has 22 heavy (non-hydrogen) atoms. The largest absolute Gasteiger partial charge is 0.448 e. The number of hydrogen-bond acceptors (Lipinski definition) is 3. The van der Waals surface area contributed by atoms with Gasteiger partial charge in [-0.05, 0) is 48.4 Å². The van der Waals surface area contributed by atoms with Crippen molar-refractivity contribution in [3.8, 4) is 0 Å². The molecule has 1 N–H and O–H groups in total. The van der Waals surface area contributed by atoms with Gasteiger partial charge in [0.2, 0.25) is 0 Å².